The number of carbonyl (C=O) groups is 1. The summed E-state index contributed by atoms with van der Waals surface area (Å²) in [5, 5.41) is 13.8. The van der Waals surface area contributed by atoms with Gasteiger partial charge in [0.05, 0.1) is 19.8 Å². The molecule has 1 aromatic rings. The van der Waals surface area contributed by atoms with Crippen LogP contribution in [0.15, 0.2) is 17.0 Å². The summed E-state index contributed by atoms with van der Waals surface area (Å²) in [7, 11) is -1.61. The number of carboxylic acids is 1. The third-order valence-corrected chi connectivity index (χ3v) is 2.91. The summed E-state index contributed by atoms with van der Waals surface area (Å²) in [5.74, 6) is -1.44. The minimum absolute atomic E-state index is 0.0172. The molecule has 0 atom stereocenters. The van der Waals surface area contributed by atoms with Gasteiger partial charge in [-0.2, -0.15) is 0 Å². The fraction of sp³-hybridized carbons (Fsp3) is 0.222. The molecule has 8 heteroatoms. The van der Waals surface area contributed by atoms with E-state index in [2.05, 4.69) is 0 Å². The van der Waals surface area contributed by atoms with E-state index >= 15 is 0 Å². The molecule has 0 bridgehead atoms. The lowest BCUT2D eigenvalue weighted by Gasteiger charge is -2.12. The molecule has 0 aromatic heterocycles. The van der Waals surface area contributed by atoms with Crippen LogP contribution in [0.5, 0.6) is 11.5 Å². The zero-order valence-corrected chi connectivity index (χ0v) is 9.95. The summed E-state index contributed by atoms with van der Waals surface area (Å²) >= 11 is 0. The molecule has 94 valence electrons. The van der Waals surface area contributed by atoms with Gasteiger partial charge in [0, 0.05) is 0 Å². The van der Waals surface area contributed by atoms with E-state index in [0.717, 1.165) is 12.1 Å². The lowest BCUT2D eigenvalue weighted by molar-refractivity contribution is 0.0696. The first-order valence-electron chi connectivity index (χ1n) is 4.33. The van der Waals surface area contributed by atoms with E-state index < -0.39 is 20.9 Å². The van der Waals surface area contributed by atoms with Gasteiger partial charge in [-0.05, 0) is 12.1 Å². The molecule has 0 spiro atoms. The summed E-state index contributed by atoms with van der Waals surface area (Å²) in [6.07, 6.45) is 0. The maximum Gasteiger partial charge on any atom is 0.335 e. The van der Waals surface area contributed by atoms with Crippen molar-refractivity contribution < 1.29 is 27.8 Å². The third-order valence-electron chi connectivity index (χ3n) is 2.00. The molecule has 0 aliphatic carbocycles. The van der Waals surface area contributed by atoms with E-state index in [-0.39, 0.29) is 17.1 Å². The number of nitrogens with two attached hydrogens (primary N) is 1. The van der Waals surface area contributed by atoms with Crippen molar-refractivity contribution in [3.63, 3.8) is 0 Å². The van der Waals surface area contributed by atoms with Gasteiger partial charge in [-0.1, -0.05) is 0 Å². The second kappa shape index (κ2) is 4.60. The highest BCUT2D eigenvalue weighted by Gasteiger charge is 2.22. The number of aromatic carboxylic acids is 1. The molecular weight excluding hydrogens is 250 g/mol. The van der Waals surface area contributed by atoms with Crippen molar-refractivity contribution in [2.24, 2.45) is 5.14 Å². The molecule has 0 amide bonds. The number of rotatable bonds is 4. The van der Waals surface area contributed by atoms with Gasteiger partial charge in [-0.15, -0.1) is 0 Å². The third kappa shape index (κ3) is 2.66. The summed E-state index contributed by atoms with van der Waals surface area (Å²) < 4.78 is 32.3. The van der Waals surface area contributed by atoms with Crippen molar-refractivity contribution >= 4 is 16.0 Å². The molecule has 0 heterocycles. The highest BCUT2D eigenvalue weighted by molar-refractivity contribution is 7.89. The van der Waals surface area contributed by atoms with Gasteiger partial charge < -0.3 is 14.6 Å². The Morgan fingerprint density at radius 2 is 1.88 bits per heavy atom. The van der Waals surface area contributed by atoms with Crippen LogP contribution in [0.25, 0.3) is 0 Å². The number of methoxy groups -OCH3 is 2. The number of hydrogen-bond donors (Lipinski definition) is 2. The normalized spacial score (nSPS) is 11.0. The Balaban J connectivity index is 3.66. The van der Waals surface area contributed by atoms with Crippen molar-refractivity contribution in [1.82, 2.24) is 0 Å². The Morgan fingerprint density at radius 3 is 2.24 bits per heavy atom. The highest BCUT2D eigenvalue weighted by atomic mass is 32.2. The van der Waals surface area contributed by atoms with Crippen LogP contribution in [0.3, 0.4) is 0 Å². The molecule has 0 fully saturated rings. The Bertz CT molecular complexity index is 551. The standard InChI is InChI=1S/C9H11NO6S/c1-15-6-3-5(9(11)12)4-7(8(6)16-2)17(10,13)14/h3-4H,1-2H3,(H,11,12)(H2,10,13,14). The smallest absolute Gasteiger partial charge is 0.335 e. The molecular formula is C9H11NO6S. The molecule has 17 heavy (non-hydrogen) atoms. The van der Waals surface area contributed by atoms with Crippen LogP contribution in [0.1, 0.15) is 10.4 Å². The zero-order chi connectivity index (χ0) is 13.2. The summed E-state index contributed by atoms with van der Waals surface area (Å²) in [6.45, 7) is 0. The summed E-state index contributed by atoms with van der Waals surface area (Å²) in [4.78, 5) is 10.4. The van der Waals surface area contributed by atoms with Crippen molar-refractivity contribution in [2.75, 3.05) is 14.2 Å². The van der Waals surface area contributed by atoms with Gasteiger partial charge in [0.25, 0.3) is 0 Å². The maximum atomic E-state index is 11.3. The highest BCUT2D eigenvalue weighted by Crippen LogP contribution is 2.34. The van der Waals surface area contributed by atoms with Gasteiger partial charge in [-0.3, -0.25) is 0 Å². The van der Waals surface area contributed by atoms with Crippen molar-refractivity contribution in [2.45, 2.75) is 4.90 Å². The van der Waals surface area contributed by atoms with Crippen LogP contribution in [-0.2, 0) is 10.0 Å². The van der Waals surface area contributed by atoms with E-state index in [1.807, 2.05) is 0 Å². The molecule has 0 radical (unpaired) electrons. The van der Waals surface area contributed by atoms with Gasteiger partial charge in [0.15, 0.2) is 11.5 Å². The Hall–Kier alpha value is -1.80. The Morgan fingerprint density at radius 1 is 1.29 bits per heavy atom. The first-order chi connectivity index (χ1) is 7.81. The minimum Gasteiger partial charge on any atom is -0.493 e. The van der Waals surface area contributed by atoms with Crippen molar-refractivity contribution in [3.05, 3.63) is 17.7 Å². The molecule has 3 N–H and O–H groups in total. The van der Waals surface area contributed by atoms with Gasteiger partial charge in [-0.25, -0.2) is 18.4 Å². The van der Waals surface area contributed by atoms with Crippen molar-refractivity contribution in [3.8, 4) is 11.5 Å². The van der Waals surface area contributed by atoms with E-state index in [4.69, 9.17) is 19.7 Å². The predicted octanol–water partition coefficient (Wildman–Crippen LogP) is 0.0494. The summed E-state index contributed by atoms with van der Waals surface area (Å²) in [6, 6.07) is 2.06. The quantitative estimate of drug-likeness (QED) is 0.791. The summed E-state index contributed by atoms with van der Waals surface area (Å²) in [5.41, 5.74) is -0.258. The van der Waals surface area contributed by atoms with E-state index in [0.29, 0.717) is 0 Å². The molecule has 0 aliphatic heterocycles. The fourth-order valence-electron chi connectivity index (χ4n) is 1.26. The molecule has 0 saturated heterocycles. The number of ether oxygens (including phenoxy) is 2. The number of carboxylic acid groups (broad SMARTS) is 1. The zero-order valence-electron chi connectivity index (χ0n) is 9.13. The SMILES string of the molecule is COc1cc(C(=O)O)cc(S(N)(=O)=O)c1OC. The number of sulfonamides is 1. The second-order valence-corrected chi connectivity index (χ2v) is 4.59. The number of benzene rings is 1. The molecule has 0 unspecified atom stereocenters. The lowest BCUT2D eigenvalue weighted by Crippen LogP contribution is -2.15. The average molecular weight is 261 g/mol. The Labute approximate surface area is 97.8 Å². The molecule has 0 aliphatic rings. The van der Waals surface area contributed by atoms with E-state index in [1.165, 1.54) is 14.2 Å². The predicted molar refractivity (Wildman–Crippen MR) is 57.9 cm³/mol. The maximum absolute atomic E-state index is 11.3. The Kier molecular flexibility index (Phi) is 3.59. The monoisotopic (exact) mass is 261 g/mol. The molecule has 1 aromatic carbocycles. The van der Waals surface area contributed by atoms with Crippen LogP contribution in [0, 0.1) is 0 Å². The van der Waals surface area contributed by atoms with E-state index in [1.54, 1.807) is 0 Å². The van der Waals surface area contributed by atoms with Crippen LogP contribution in [0.4, 0.5) is 0 Å². The second-order valence-electron chi connectivity index (χ2n) is 3.06. The van der Waals surface area contributed by atoms with Crippen LogP contribution in [0.2, 0.25) is 0 Å². The fourth-order valence-corrected chi connectivity index (χ4v) is 2.00. The van der Waals surface area contributed by atoms with Crippen LogP contribution < -0.4 is 14.6 Å². The van der Waals surface area contributed by atoms with Crippen LogP contribution in [-0.4, -0.2) is 33.7 Å². The van der Waals surface area contributed by atoms with Crippen molar-refractivity contribution in [1.29, 1.82) is 0 Å². The molecule has 0 saturated carbocycles. The van der Waals surface area contributed by atoms with Gasteiger partial charge in [0.2, 0.25) is 10.0 Å². The van der Waals surface area contributed by atoms with E-state index in [9.17, 15) is 13.2 Å². The largest absolute Gasteiger partial charge is 0.493 e. The average Bonchev–Trinajstić information content (AvgIpc) is 2.25. The molecule has 7 nitrogen and oxygen atoms in total. The minimum atomic E-state index is -4.10. The lowest BCUT2D eigenvalue weighted by atomic mass is 10.2. The van der Waals surface area contributed by atoms with Gasteiger partial charge >= 0.3 is 5.97 Å². The number of hydrogen-bond acceptors (Lipinski definition) is 5. The first kappa shape index (κ1) is 13.3. The first-order valence-corrected chi connectivity index (χ1v) is 5.88. The van der Waals surface area contributed by atoms with Gasteiger partial charge in [0.1, 0.15) is 4.90 Å². The van der Waals surface area contributed by atoms with Crippen LogP contribution >= 0.6 is 0 Å². The number of primary sulfonamides is 1. The topological polar surface area (TPSA) is 116 Å². The molecule has 1 rings (SSSR count).